The van der Waals surface area contributed by atoms with Crippen molar-refractivity contribution in [2.24, 2.45) is 0 Å². The highest BCUT2D eigenvalue weighted by molar-refractivity contribution is 6.01. The Morgan fingerprint density at radius 2 is 1.81 bits per heavy atom. The fourth-order valence-electron chi connectivity index (χ4n) is 2.49. The quantitative estimate of drug-likeness (QED) is 0.602. The summed E-state index contributed by atoms with van der Waals surface area (Å²) in [5.74, 6) is -0.00994. The van der Waals surface area contributed by atoms with Crippen LogP contribution in [0.5, 0.6) is 11.5 Å². The molecule has 0 aromatic heterocycles. The van der Waals surface area contributed by atoms with Crippen molar-refractivity contribution in [1.82, 2.24) is 0 Å². The maximum Gasteiger partial charge on any atom is 0.416 e. The molecule has 3 rings (SSSR count). The van der Waals surface area contributed by atoms with Gasteiger partial charge in [0.1, 0.15) is 11.5 Å². The van der Waals surface area contributed by atoms with Crippen LogP contribution in [-0.2, 0) is 11.0 Å². The van der Waals surface area contributed by atoms with Crippen LogP contribution < -0.4 is 10.1 Å². The Labute approximate surface area is 147 Å². The molecule has 0 fully saturated rings. The van der Waals surface area contributed by atoms with Gasteiger partial charge in [-0.2, -0.15) is 13.2 Å². The predicted molar refractivity (Wildman–Crippen MR) is 94.3 cm³/mol. The summed E-state index contributed by atoms with van der Waals surface area (Å²) in [6.07, 6.45) is -3.33. The summed E-state index contributed by atoms with van der Waals surface area (Å²) in [5, 5.41) is 4.11. The van der Waals surface area contributed by atoms with E-state index in [0.717, 1.165) is 23.6 Å². The molecule has 0 radical (unpaired) electrons. The van der Waals surface area contributed by atoms with Gasteiger partial charge in [0.2, 0.25) is 5.91 Å². The molecule has 26 heavy (non-hydrogen) atoms. The first-order valence-electron chi connectivity index (χ1n) is 7.68. The number of benzene rings is 3. The summed E-state index contributed by atoms with van der Waals surface area (Å²) in [4.78, 5) is 11.5. The number of alkyl halides is 3. The van der Waals surface area contributed by atoms with Gasteiger partial charge in [-0.3, -0.25) is 4.79 Å². The monoisotopic (exact) mass is 357 g/mol. The lowest BCUT2D eigenvalue weighted by Crippen LogP contribution is -2.07. The number of ether oxygens (including phenoxy) is 1. The Kier molecular flexibility index (Phi) is 4.67. The van der Waals surface area contributed by atoms with Crippen LogP contribution in [0.25, 0.3) is 10.8 Å². The van der Waals surface area contributed by atoms with Gasteiger partial charge in [0.15, 0.2) is 0 Å². The van der Waals surface area contributed by atoms with Crippen LogP contribution in [0.2, 0.25) is 0 Å². The second-order valence-corrected chi connectivity index (χ2v) is 5.52. The molecule has 0 unspecified atom stereocenters. The molecule has 3 aromatic rings. The lowest BCUT2D eigenvalue weighted by atomic mass is 10.1. The molecule has 0 aliphatic rings. The maximum atomic E-state index is 12.9. The minimum absolute atomic E-state index is 0.0529. The molecule has 3 aromatic carbocycles. The SMILES string of the molecule is C=CC(=O)Nc1cc(Oc2cccc(C(F)(F)F)c2)c2ccccc2c1. The van der Waals surface area contributed by atoms with E-state index >= 15 is 0 Å². The fourth-order valence-corrected chi connectivity index (χ4v) is 2.49. The van der Waals surface area contributed by atoms with Crippen LogP contribution in [0.15, 0.2) is 73.3 Å². The molecule has 3 nitrogen and oxygen atoms in total. The van der Waals surface area contributed by atoms with Crippen molar-refractivity contribution in [3.63, 3.8) is 0 Å². The molecule has 1 N–H and O–H groups in total. The van der Waals surface area contributed by atoms with Crippen molar-refractivity contribution in [3.8, 4) is 11.5 Å². The molecular weight excluding hydrogens is 343 g/mol. The Morgan fingerprint density at radius 3 is 2.54 bits per heavy atom. The van der Waals surface area contributed by atoms with Gasteiger partial charge in [0.05, 0.1) is 5.56 Å². The highest BCUT2D eigenvalue weighted by atomic mass is 19.4. The summed E-state index contributed by atoms with van der Waals surface area (Å²) in [5.41, 5.74) is -0.342. The van der Waals surface area contributed by atoms with E-state index in [1.165, 1.54) is 12.1 Å². The van der Waals surface area contributed by atoms with Crippen molar-refractivity contribution < 1.29 is 22.7 Å². The number of nitrogens with one attached hydrogen (secondary N) is 1. The van der Waals surface area contributed by atoms with E-state index in [1.54, 1.807) is 24.3 Å². The standard InChI is InChI=1S/C20H14F3NO2/c1-2-19(25)24-15-10-13-6-3-4-9-17(13)18(12-15)26-16-8-5-7-14(11-16)20(21,22)23/h2-12H,1H2,(H,24,25). The molecule has 132 valence electrons. The van der Waals surface area contributed by atoms with E-state index in [4.69, 9.17) is 4.74 Å². The highest BCUT2D eigenvalue weighted by Gasteiger charge is 2.30. The lowest BCUT2D eigenvalue weighted by molar-refractivity contribution is -0.137. The first kappa shape index (κ1) is 17.5. The lowest BCUT2D eigenvalue weighted by Gasteiger charge is -2.13. The third-order valence-electron chi connectivity index (χ3n) is 3.67. The van der Waals surface area contributed by atoms with Crippen molar-refractivity contribution in [3.05, 3.63) is 78.9 Å². The van der Waals surface area contributed by atoms with Crippen molar-refractivity contribution in [1.29, 1.82) is 0 Å². The van der Waals surface area contributed by atoms with Crippen LogP contribution >= 0.6 is 0 Å². The van der Waals surface area contributed by atoms with Crippen LogP contribution in [-0.4, -0.2) is 5.91 Å². The number of amides is 1. The smallest absolute Gasteiger partial charge is 0.416 e. The molecule has 0 saturated carbocycles. The first-order chi connectivity index (χ1) is 12.4. The van der Waals surface area contributed by atoms with Gasteiger partial charge in [0, 0.05) is 17.1 Å². The summed E-state index contributed by atoms with van der Waals surface area (Å²) in [7, 11) is 0. The first-order valence-corrected chi connectivity index (χ1v) is 7.68. The second kappa shape index (κ2) is 6.92. The summed E-state index contributed by atoms with van der Waals surface area (Å²) < 4.78 is 44.4. The fraction of sp³-hybridized carbons (Fsp3) is 0.0500. The molecule has 1 amide bonds. The number of hydrogen-bond donors (Lipinski definition) is 1. The van der Waals surface area contributed by atoms with Gasteiger partial charge in [-0.1, -0.05) is 36.9 Å². The number of carbonyl (C=O) groups excluding carboxylic acids is 1. The van der Waals surface area contributed by atoms with Gasteiger partial charge >= 0.3 is 6.18 Å². The van der Waals surface area contributed by atoms with Crippen LogP contribution in [0, 0.1) is 0 Å². The van der Waals surface area contributed by atoms with Crippen molar-refractivity contribution >= 4 is 22.4 Å². The van der Waals surface area contributed by atoms with Crippen molar-refractivity contribution in [2.75, 3.05) is 5.32 Å². The summed E-state index contributed by atoms with van der Waals surface area (Å²) in [6.45, 7) is 3.39. The molecule has 0 spiro atoms. The number of halogens is 3. The Morgan fingerprint density at radius 1 is 1.04 bits per heavy atom. The number of anilines is 1. The zero-order chi connectivity index (χ0) is 18.7. The molecule has 0 heterocycles. The number of fused-ring (bicyclic) bond motifs is 1. The topological polar surface area (TPSA) is 38.3 Å². The van der Waals surface area contributed by atoms with Crippen LogP contribution in [0.4, 0.5) is 18.9 Å². The normalized spacial score (nSPS) is 11.2. The van der Waals surface area contributed by atoms with E-state index < -0.39 is 17.6 Å². The number of hydrogen-bond acceptors (Lipinski definition) is 2. The molecule has 0 aliphatic carbocycles. The molecule has 0 atom stereocenters. The van der Waals surface area contributed by atoms with Crippen molar-refractivity contribution in [2.45, 2.75) is 6.18 Å². The predicted octanol–water partition coefficient (Wildman–Crippen LogP) is 5.78. The van der Waals surface area contributed by atoms with Gasteiger partial charge in [-0.25, -0.2) is 0 Å². The van der Waals surface area contributed by atoms with E-state index in [2.05, 4.69) is 11.9 Å². The average Bonchev–Trinajstić information content (AvgIpc) is 2.61. The van der Waals surface area contributed by atoms with Crippen LogP contribution in [0.1, 0.15) is 5.56 Å². The molecule has 0 bridgehead atoms. The summed E-state index contributed by atoms with van der Waals surface area (Å²) >= 11 is 0. The molecule has 0 saturated heterocycles. The average molecular weight is 357 g/mol. The Bertz CT molecular complexity index is 980. The molecule has 6 heteroatoms. The van der Waals surface area contributed by atoms with E-state index in [-0.39, 0.29) is 5.75 Å². The number of rotatable bonds is 4. The highest BCUT2D eigenvalue weighted by Crippen LogP contribution is 2.36. The van der Waals surface area contributed by atoms with E-state index in [0.29, 0.717) is 16.8 Å². The third kappa shape index (κ3) is 3.85. The zero-order valence-corrected chi connectivity index (χ0v) is 13.5. The second-order valence-electron chi connectivity index (χ2n) is 5.52. The molecule has 0 aliphatic heterocycles. The van der Waals surface area contributed by atoms with Gasteiger partial charge in [0.25, 0.3) is 0 Å². The van der Waals surface area contributed by atoms with Gasteiger partial charge in [-0.15, -0.1) is 0 Å². The largest absolute Gasteiger partial charge is 0.457 e. The third-order valence-corrected chi connectivity index (χ3v) is 3.67. The van der Waals surface area contributed by atoms with Gasteiger partial charge in [-0.05, 0) is 35.7 Å². The maximum absolute atomic E-state index is 12.9. The van der Waals surface area contributed by atoms with E-state index in [1.807, 2.05) is 12.1 Å². The Hall–Kier alpha value is -3.28. The zero-order valence-electron chi connectivity index (χ0n) is 13.5. The minimum atomic E-state index is -4.46. The van der Waals surface area contributed by atoms with E-state index in [9.17, 15) is 18.0 Å². The van der Waals surface area contributed by atoms with Gasteiger partial charge < -0.3 is 10.1 Å². The minimum Gasteiger partial charge on any atom is -0.457 e. The Balaban J connectivity index is 2.03. The molecular formula is C20H14F3NO2. The number of carbonyl (C=O) groups is 1. The summed E-state index contributed by atoms with van der Waals surface area (Å²) in [6, 6.07) is 15.2. The van der Waals surface area contributed by atoms with Crippen LogP contribution in [0.3, 0.4) is 0 Å².